The maximum atomic E-state index is 12.8. The van der Waals surface area contributed by atoms with E-state index in [0.29, 0.717) is 18.5 Å². The highest BCUT2D eigenvalue weighted by Gasteiger charge is 2.27. The fourth-order valence-electron chi connectivity index (χ4n) is 3.31. The zero-order valence-electron chi connectivity index (χ0n) is 14.1. The molecule has 0 unspecified atom stereocenters. The average molecular weight is 323 g/mol. The zero-order valence-corrected chi connectivity index (χ0v) is 14.1. The topological polar surface area (TPSA) is 74.8 Å². The van der Waals surface area contributed by atoms with E-state index in [1.807, 2.05) is 47.7 Å². The number of piperidine rings is 1. The van der Waals surface area contributed by atoms with Gasteiger partial charge >= 0.3 is 0 Å². The van der Waals surface area contributed by atoms with Gasteiger partial charge in [0.25, 0.3) is 5.91 Å². The van der Waals surface area contributed by atoms with Gasteiger partial charge in [-0.15, -0.1) is 0 Å². The number of carbonyl (C=O) groups excluding carboxylic acids is 1. The van der Waals surface area contributed by atoms with E-state index in [-0.39, 0.29) is 11.9 Å². The number of aryl methyl sites for hydroxylation is 2. The van der Waals surface area contributed by atoms with Crippen molar-refractivity contribution in [1.29, 1.82) is 5.26 Å². The molecule has 1 atom stereocenters. The SMILES string of the molecule is Cc1nc(C)n([C@@H]2CCCN(C(=O)c3cccc(CC#N)c3)C2)n1. The van der Waals surface area contributed by atoms with Crippen LogP contribution >= 0.6 is 0 Å². The van der Waals surface area contributed by atoms with Crippen LogP contribution < -0.4 is 0 Å². The minimum absolute atomic E-state index is 0.0222. The number of carbonyl (C=O) groups is 1. The Kier molecular flexibility index (Phi) is 4.61. The summed E-state index contributed by atoms with van der Waals surface area (Å²) < 4.78 is 1.95. The number of rotatable bonds is 3. The Morgan fingerprint density at radius 2 is 2.25 bits per heavy atom. The summed E-state index contributed by atoms with van der Waals surface area (Å²) in [6, 6.07) is 9.65. The number of hydrogen-bond donors (Lipinski definition) is 0. The second kappa shape index (κ2) is 6.83. The van der Waals surface area contributed by atoms with Gasteiger partial charge in [0, 0.05) is 18.7 Å². The first kappa shape index (κ1) is 16.2. The van der Waals surface area contributed by atoms with Gasteiger partial charge in [0.1, 0.15) is 11.6 Å². The number of amides is 1. The second-order valence-electron chi connectivity index (χ2n) is 6.23. The van der Waals surface area contributed by atoms with E-state index in [1.165, 1.54) is 0 Å². The molecule has 1 amide bonds. The van der Waals surface area contributed by atoms with Crippen molar-refractivity contribution in [3.8, 4) is 6.07 Å². The molecule has 1 saturated heterocycles. The van der Waals surface area contributed by atoms with E-state index in [1.54, 1.807) is 0 Å². The number of hydrogen-bond acceptors (Lipinski definition) is 4. The largest absolute Gasteiger partial charge is 0.337 e. The summed E-state index contributed by atoms with van der Waals surface area (Å²) in [4.78, 5) is 19.1. The molecule has 0 saturated carbocycles. The quantitative estimate of drug-likeness (QED) is 0.869. The fraction of sp³-hybridized carbons (Fsp3) is 0.444. The Hall–Kier alpha value is -2.68. The van der Waals surface area contributed by atoms with Gasteiger partial charge in [-0.1, -0.05) is 12.1 Å². The number of likely N-dealkylation sites (tertiary alicyclic amines) is 1. The Balaban J connectivity index is 1.77. The van der Waals surface area contributed by atoms with Crippen LogP contribution in [0.5, 0.6) is 0 Å². The minimum Gasteiger partial charge on any atom is -0.337 e. The van der Waals surface area contributed by atoms with Gasteiger partial charge in [-0.2, -0.15) is 10.4 Å². The first-order valence-corrected chi connectivity index (χ1v) is 8.23. The molecule has 0 spiro atoms. The molecule has 0 N–H and O–H groups in total. The maximum absolute atomic E-state index is 12.8. The molecule has 3 rings (SSSR count). The molecule has 0 bridgehead atoms. The highest BCUT2D eigenvalue weighted by molar-refractivity contribution is 5.94. The van der Waals surface area contributed by atoms with E-state index in [4.69, 9.17) is 5.26 Å². The molecule has 2 heterocycles. The van der Waals surface area contributed by atoms with Gasteiger partial charge in [0.2, 0.25) is 0 Å². The van der Waals surface area contributed by atoms with Crippen molar-refractivity contribution in [2.45, 2.75) is 39.2 Å². The van der Waals surface area contributed by atoms with Crippen LogP contribution in [0.25, 0.3) is 0 Å². The Labute approximate surface area is 141 Å². The Bertz CT molecular complexity index is 789. The number of nitriles is 1. The first-order valence-electron chi connectivity index (χ1n) is 8.23. The molecular weight excluding hydrogens is 302 g/mol. The summed E-state index contributed by atoms with van der Waals surface area (Å²) in [5.41, 5.74) is 1.52. The van der Waals surface area contributed by atoms with Gasteiger partial charge in [-0.25, -0.2) is 9.67 Å². The normalized spacial score (nSPS) is 17.5. The predicted molar refractivity (Wildman–Crippen MR) is 89.4 cm³/mol. The average Bonchev–Trinajstić information content (AvgIpc) is 2.93. The molecule has 0 radical (unpaired) electrons. The van der Waals surface area contributed by atoms with Crippen molar-refractivity contribution in [2.75, 3.05) is 13.1 Å². The van der Waals surface area contributed by atoms with Crippen molar-refractivity contribution < 1.29 is 4.79 Å². The summed E-state index contributed by atoms with van der Waals surface area (Å²) >= 11 is 0. The lowest BCUT2D eigenvalue weighted by atomic mass is 10.0. The molecule has 1 aromatic heterocycles. The van der Waals surface area contributed by atoms with Gasteiger partial charge in [-0.05, 0) is 44.4 Å². The minimum atomic E-state index is 0.0222. The van der Waals surface area contributed by atoms with E-state index < -0.39 is 0 Å². The van der Waals surface area contributed by atoms with Gasteiger partial charge in [0.05, 0.1) is 18.5 Å². The van der Waals surface area contributed by atoms with Crippen molar-refractivity contribution in [3.63, 3.8) is 0 Å². The third-order valence-corrected chi connectivity index (χ3v) is 4.39. The summed E-state index contributed by atoms with van der Waals surface area (Å²) in [7, 11) is 0. The third-order valence-electron chi connectivity index (χ3n) is 4.39. The van der Waals surface area contributed by atoms with Crippen LogP contribution in [0.3, 0.4) is 0 Å². The van der Waals surface area contributed by atoms with Crippen LogP contribution in [-0.4, -0.2) is 38.7 Å². The lowest BCUT2D eigenvalue weighted by Gasteiger charge is -2.33. The number of benzene rings is 1. The number of nitrogens with zero attached hydrogens (tertiary/aromatic N) is 5. The summed E-state index contributed by atoms with van der Waals surface area (Å²) in [5.74, 6) is 1.68. The first-order chi connectivity index (χ1) is 11.6. The Morgan fingerprint density at radius 3 is 2.96 bits per heavy atom. The van der Waals surface area contributed by atoms with E-state index in [2.05, 4.69) is 16.2 Å². The predicted octanol–water partition coefficient (Wildman–Crippen LogP) is 2.44. The van der Waals surface area contributed by atoms with Crippen molar-refractivity contribution in [2.24, 2.45) is 0 Å². The van der Waals surface area contributed by atoms with Crippen molar-refractivity contribution in [3.05, 3.63) is 47.0 Å². The van der Waals surface area contributed by atoms with Crippen LogP contribution in [0.2, 0.25) is 0 Å². The molecule has 6 nitrogen and oxygen atoms in total. The maximum Gasteiger partial charge on any atom is 0.253 e. The molecule has 1 aromatic carbocycles. The van der Waals surface area contributed by atoms with Crippen LogP contribution in [0.15, 0.2) is 24.3 Å². The molecule has 6 heteroatoms. The molecule has 0 aliphatic carbocycles. The fourth-order valence-corrected chi connectivity index (χ4v) is 3.31. The lowest BCUT2D eigenvalue weighted by Crippen LogP contribution is -2.41. The van der Waals surface area contributed by atoms with E-state index in [9.17, 15) is 4.79 Å². The smallest absolute Gasteiger partial charge is 0.253 e. The zero-order chi connectivity index (χ0) is 17.1. The third kappa shape index (κ3) is 3.30. The van der Waals surface area contributed by atoms with E-state index in [0.717, 1.165) is 36.6 Å². The molecule has 124 valence electrons. The summed E-state index contributed by atoms with van der Waals surface area (Å²) in [5, 5.41) is 13.3. The van der Waals surface area contributed by atoms with Crippen molar-refractivity contribution >= 4 is 5.91 Å². The van der Waals surface area contributed by atoms with Gasteiger partial charge < -0.3 is 4.90 Å². The summed E-state index contributed by atoms with van der Waals surface area (Å²) in [6.07, 6.45) is 2.27. The highest BCUT2D eigenvalue weighted by Crippen LogP contribution is 2.23. The molecular formula is C18H21N5O. The molecule has 24 heavy (non-hydrogen) atoms. The van der Waals surface area contributed by atoms with Crippen molar-refractivity contribution in [1.82, 2.24) is 19.7 Å². The van der Waals surface area contributed by atoms with Gasteiger partial charge in [-0.3, -0.25) is 4.79 Å². The molecule has 1 aliphatic heterocycles. The van der Waals surface area contributed by atoms with Crippen LogP contribution in [-0.2, 0) is 6.42 Å². The molecule has 1 fully saturated rings. The molecule has 2 aromatic rings. The van der Waals surface area contributed by atoms with E-state index >= 15 is 0 Å². The molecule has 1 aliphatic rings. The summed E-state index contributed by atoms with van der Waals surface area (Å²) in [6.45, 7) is 5.23. The number of aromatic nitrogens is 3. The lowest BCUT2D eigenvalue weighted by molar-refractivity contribution is 0.0671. The standard InChI is InChI=1S/C18H21N5O/c1-13-20-14(2)23(21-13)17-7-4-10-22(12-17)18(24)16-6-3-5-15(11-16)8-9-19/h3,5-6,11,17H,4,7-8,10,12H2,1-2H3/t17-/m1/s1. The van der Waals surface area contributed by atoms with Crippen LogP contribution in [0.4, 0.5) is 0 Å². The highest BCUT2D eigenvalue weighted by atomic mass is 16.2. The second-order valence-corrected chi connectivity index (χ2v) is 6.23. The van der Waals surface area contributed by atoms with Gasteiger partial charge in [0.15, 0.2) is 0 Å². The Morgan fingerprint density at radius 1 is 1.42 bits per heavy atom. The monoisotopic (exact) mass is 323 g/mol. The van der Waals surface area contributed by atoms with Crippen LogP contribution in [0, 0.1) is 25.2 Å². The van der Waals surface area contributed by atoms with Crippen LogP contribution in [0.1, 0.15) is 46.5 Å².